The third-order valence-corrected chi connectivity index (χ3v) is 12.6. The van der Waals surface area contributed by atoms with E-state index >= 15 is 0 Å². The summed E-state index contributed by atoms with van der Waals surface area (Å²) >= 11 is 1.87. The number of fused-ring (bicyclic) bond motifs is 12. The lowest BCUT2D eigenvalue weighted by molar-refractivity contribution is 0.669. The SMILES string of the molecule is c1cc(-c2ccc3sc4ccc5c(ccc6oc7ccccc7c65)c4c3c2)cc(-c2c3ccccc3c(-c3ccc4ccccc4c3)c3ccccc23)c1. The van der Waals surface area contributed by atoms with E-state index < -0.39 is 0 Å². The zero-order valence-electron chi connectivity index (χ0n) is 29.1. The molecule has 0 unspecified atom stereocenters. The number of hydrogen-bond acceptors (Lipinski definition) is 2. The monoisotopic (exact) mass is 702 g/mol. The van der Waals surface area contributed by atoms with Crippen molar-refractivity contribution >= 4 is 96.5 Å². The first-order chi connectivity index (χ1) is 26.8. The van der Waals surface area contributed by atoms with Crippen LogP contribution in [0.3, 0.4) is 0 Å². The molecule has 2 heteroatoms. The summed E-state index contributed by atoms with van der Waals surface area (Å²) in [7, 11) is 0. The minimum absolute atomic E-state index is 0.932. The summed E-state index contributed by atoms with van der Waals surface area (Å²) in [5, 5.41) is 15.1. The second-order valence-electron chi connectivity index (χ2n) is 14.4. The third kappa shape index (κ3) is 4.32. The number of rotatable bonds is 3. The van der Waals surface area contributed by atoms with Gasteiger partial charge in [0.15, 0.2) is 0 Å². The highest BCUT2D eigenvalue weighted by atomic mass is 32.1. The molecule has 0 aliphatic rings. The van der Waals surface area contributed by atoms with Crippen molar-refractivity contribution in [3.63, 3.8) is 0 Å². The summed E-state index contributed by atoms with van der Waals surface area (Å²) in [4.78, 5) is 0. The van der Waals surface area contributed by atoms with E-state index in [0.29, 0.717) is 0 Å². The van der Waals surface area contributed by atoms with Gasteiger partial charge in [0.1, 0.15) is 11.2 Å². The quantitative estimate of drug-likeness (QED) is 0.167. The molecular formula is C52H30OS. The highest BCUT2D eigenvalue weighted by Gasteiger charge is 2.19. The molecule has 0 saturated carbocycles. The zero-order valence-corrected chi connectivity index (χ0v) is 30.0. The van der Waals surface area contributed by atoms with Gasteiger partial charge < -0.3 is 4.42 Å². The van der Waals surface area contributed by atoms with Gasteiger partial charge in [-0.2, -0.15) is 0 Å². The summed E-state index contributed by atoms with van der Waals surface area (Å²) in [6, 6.07) is 66.9. The van der Waals surface area contributed by atoms with Crippen LogP contribution in [0.25, 0.3) is 119 Å². The van der Waals surface area contributed by atoms with E-state index in [2.05, 4.69) is 176 Å². The molecule has 0 spiro atoms. The molecule has 54 heavy (non-hydrogen) atoms. The van der Waals surface area contributed by atoms with Crippen molar-refractivity contribution in [3.8, 4) is 33.4 Å². The van der Waals surface area contributed by atoms with Crippen molar-refractivity contribution in [2.45, 2.75) is 0 Å². The van der Waals surface area contributed by atoms with Crippen LogP contribution < -0.4 is 0 Å². The third-order valence-electron chi connectivity index (χ3n) is 11.4. The Labute approximate surface area is 314 Å². The molecule has 0 amide bonds. The molecule has 250 valence electrons. The number of para-hydroxylation sites is 1. The van der Waals surface area contributed by atoms with Crippen LogP contribution in [-0.2, 0) is 0 Å². The molecule has 0 fully saturated rings. The topological polar surface area (TPSA) is 13.1 Å². The normalized spacial score (nSPS) is 12.1. The predicted octanol–water partition coefficient (Wildman–Crippen LogP) is 15.6. The molecule has 0 aliphatic carbocycles. The second-order valence-corrected chi connectivity index (χ2v) is 15.5. The van der Waals surface area contributed by atoms with Crippen LogP contribution in [0.1, 0.15) is 0 Å². The molecule has 12 aromatic rings. The van der Waals surface area contributed by atoms with E-state index in [1.165, 1.54) is 107 Å². The molecule has 1 nitrogen and oxygen atoms in total. The van der Waals surface area contributed by atoms with Crippen LogP contribution in [0, 0.1) is 0 Å². The maximum atomic E-state index is 6.27. The van der Waals surface area contributed by atoms with Gasteiger partial charge in [-0.05, 0) is 125 Å². The Morgan fingerprint density at radius 1 is 0.296 bits per heavy atom. The Kier molecular flexibility index (Phi) is 6.28. The Bertz CT molecular complexity index is 3450. The molecule has 0 radical (unpaired) electrons. The highest BCUT2D eigenvalue weighted by Crippen LogP contribution is 2.46. The van der Waals surface area contributed by atoms with Gasteiger partial charge in [0.2, 0.25) is 0 Å². The van der Waals surface area contributed by atoms with Crippen molar-refractivity contribution in [2.75, 3.05) is 0 Å². The van der Waals surface area contributed by atoms with Crippen molar-refractivity contribution < 1.29 is 4.42 Å². The van der Waals surface area contributed by atoms with Gasteiger partial charge >= 0.3 is 0 Å². The van der Waals surface area contributed by atoms with Crippen LogP contribution in [0.5, 0.6) is 0 Å². The van der Waals surface area contributed by atoms with Crippen LogP contribution >= 0.6 is 11.3 Å². The fourth-order valence-electron chi connectivity index (χ4n) is 9.03. The largest absolute Gasteiger partial charge is 0.456 e. The maximum absolute atomic E-state index is 6.27. The number of thiophene rings is 1. The summed E-state index contributed by atoms with van der Waals surface area (Å²) in [5.74, 6) is 0. The van der Waals surface area contributed by atoms with E-state index in [0.717, 1.165) is 11.2 Å². The lowest BCUT2D eigenvalue weighted by atomic mass is 9.85. The number of furan rings is 1. The van der Waals surface area contributed by atoms with Crippen molar-refractivity contribution in [1.29, 1.82) is 0 Å². The second kappa shape index (κ2) is 11.4. The Morgan fingerprint density at radius 2 is 0.870 bits per heavy atom. The van der Waals surface area contributed by atoms with Crippen molar-refractivity contribution in [1.82, 2.24) is 0 Å². The van der Waals surface area contributed by atoms with E-state index in [4.69, 9.17) is 4.42 Å². The average Bonchev–Trinajstić information content (AvgIpc) is 3.81. The zero-order chi connectivity index (χ0) is 35.3. The molecular weight excluding hydrogens is 673 g/mol. The van der Waals surface area contributed by atoms with Crippen molar-refractivity contribution in [3.05, 3.63) is 182 Å². The van der Waals surface area contributed by atoms with Gasteiger partial charge in [0, 0.05) is 30.9 Å². The summed E-state index contributed by atoms with van der Waals surface area (Å²) in [5.41, 5.74) is 9.33. The fourth-order valence-corrected chi connectivity index (χ4v) is 10.1. The summed E-state index contributed by atoms with van der Waals surface area (Å²) in [6.45, 7) is 0. The van der Waals surface area contributed by atoms with Crippen LogP contribution in [-0.4, -0.2) is 0 Å². The van der Waals surface area contributed by atoms with Crippen LogP contribution in [0.4, 0.5) is 0 Å². The van der Waals surface area contributed by atoms with E-state index in [9.17, 15) is 0 Å². The molecule has 0 atom stereocenters. The Hall–Kier alpha value is -6.74. The van der Waals surface area contributed by atoms with E-state index in [1.54, 1.807) is 0 Å². The minimum atomic E-state index is 0.932. The summed E-state index contributed by atoms with van der Waals surface area (Å²) < 4.78 is 8.87. The summed E-state index contributed by atoms with van der Waals surface area (Å²) in [6.07, 6.45) is 0. The van der Waals surface area contributed by atoms with Gasteiger partial charge in [-0.25, -0.2) is 0 Å². The Balaban J connectivity index is 1.06. The van der Waals surface area contributed by atoms with Gasteiger partial charge in [0.05, 0.1) is 0 Å². The highest BCUT2D eigenvalue weighted by molar-refractivity contribution is 7.26. The molecule has 10 aromatic carbocycles. The maximum Gasteiger partial charge on any atom is 0.136 e. The minimum Gasteiger partial charge on any atom is -0.456 e. The fraction of sp³-hybridized carbons (Fsp3) is 0. The molecule has 0 aliphatic heterocycles. The predicted molar refractivity (Wildman–Crippen MR) is 233 cm³/mol. The molecule has 2 heterocycles. The number of benzene rings is 10. The van der Waals surface area contributed by atoms with Crippen LogP contribution in [0.15, 0.2) is 186 Å². The molecule has 12 rings (SSSR count). The van der Waals surface area contributed by atoms with Crippen LogP contribution in [0.2, 0.25) is 0 Å². The average molecular weight is 703 g/mol. The first-order valence-corrected chi connectivity index (χ1v) is 19.3. The number of hydrogen-bond donors (Lipinski definition) is 0. The first kappa shape index (κ1) is 29.8. The lowest BCUT2D eigenvalue weighted by Gasteiger charge is -2.18. The molecule has 0 saturated heterocycles. The van der Waals surface area contributed by atoms with E-state index in [1.807, 2.05) is 17.4 Å². The Morgan fingerprint density at radius 3 is 1.65 bits per heavy atom. The smallest absolute Gasteiger partial charge is 0.136 e. The van der Waals surface area contributed by atoms with Gasteiger partial charge in [-0.3, -0.25) is 0 Å². The van der Waals surface area contributed by atoms with Crippen molar-refractivity contribution in [2.24, 2.45) is 0 Å². The standard InChI is InChI=1S/C52H30OS/c1-2-11-32-28-36(21-20-31(32)10-1)50-39-16-5-3-14-37(39)49(38-15-4-6-17-40(38)50)35-13-9-12-33(29-35)34-22-26-47-44(30-34)52-42-23-25-46-51(41(42)24-27-48(52)54-47)43-18-7-8-19-45(43)53-46/h1-30H. The first-order valence-electron chi connectivity index (χ1n) is 18.5. The molecule has 2 aromatic heterocycles. The van der Waals surface area contributed by atoms with Gasteiger partial charge in [-0.15, -0.1) is 11.3 Å². The van der Waals surface area contributed by atoms with Gasteiger partial charge in [-0.1, -0.05) is 133 Å². The van der Waals surface area contributed by atoms with E-state index in [-0.39, 0.29) is 0 Å². The molecule has 0 bridgehead atoms. The van der Waals surface area contributed by atoms with Gasteiger partial charge in [0.25, 0.3) is 0 Å². The lowest BCUT2D eigenvalue weighted by Crippen LogP contribution is -1.91. The molecule has 0 N–H and O–H groups in total.